The Kier molecular flexibility index (Phi) is 5.09. The summed E-state index contributed by atoms with van der Waals surface area (Å²) in [6.45, 7) is 2.62. The van der Waals surface area contributed by atoms with E-state index in [-0.39, 0.29) is 5.76 Å². The molecule has 20 heavy (non-hydrogen) atoms. The molecule has 1 aromatic carbocycles. The van der Waals surface area contributed by atoms with Gasteiger partial charge in [-0.2, -0.15) is 11.8 Å². The number of carboxylic acid groups (broad SMARTS) is 1. The summed E-state index contributed by atoms with van der Waals surface area (Å²) in [6.07, 6.45) is 3.14. The maximum Gasteiger partial charge on any atom is 0.372 e. The fourth-order valence-corrected chi connectivity index (χ4v) is 2.71. The van der Waals surface area contributed by atoms with E-state index < -0.39 is 5.97 Å². The number of thioether (sulfide) groups is 1. The van der Waals surface area contributed by atoms with E-state index in [4.69, 9.17) is 4.42 Å². The van der Waals surface area contributed by atoms with Crippen molar-refractivity contribution in [1.29, 1.82) is 0 Å². The third-order valence-corrected chi connectivity index (χ3v) is 3.92. The molecule has 2 N–H and O–H groups in total. The van der Waals surface area contributed by atoms with Crippen LogP contribution in [0, 0.1) is 0 Å². The first-order chi connectivity index (χ1) is 9.63. The molecule has 0 spiro atoms. The van der Waals surface area contributed by atoms with Crippen LogP contribution in [0.15, 0.2) is 28.7 Å². The summed E-state index contributed by atoms with van der Waals surface area (Å²) in [5, 5.41) is 13.5. The van der Waals surface area contributed by atoms with Crippen LogP contribution in [0.2, 0.25) is 0 Å². The summed E-state index contributed by atoms with van der Waals surface area (Å²) < 4.78 is 5.43. The minimum absolute atomic E-state index is 0.0377. The third kappa shape index (κ3) is 3.35. The topological polar surface area (TPSA) is 62.5 Å². The maximum atomic E-state index is 11.3. The number of rotatable bonds is 7. The molecule has 0 aliphatic heterocycles. The van der Waals surface area contributed by atoms with Gasteiger partial charge < -0.3 is 14.8 Å². The summed E-state index contributed by atoms with van der Waals surface area (Å²) in [5.41, 5.74) is 1.35. The highest BCUT2D eigenvalue weighted by Crippen LogP contribution is 2.26. The number of hydrogen-bond donors (Lipinski definition) is 2. The van der Waals surface area contributed by atoms with Gasteiger partial charge in [-0.3, -0.25) is 0 Å². The van der Waals surface area contributed by atoms with E-state index >= 15 is 0 Å². The second kappa shape index (κ2) is 6.81. The van der Waals surface area contributed by atoms with Crippen LogP contribution in [0.3, 0.4) is 0 Å². The lowest BCUT2D eigenvalue weighted by Crippen LogP contribution is -2.26. The normalized spacial score (nSPS) is 12.7. The molecule has 2 aromatic rings. The van der Waals surface area contributed by atoms with Gasteiger partial charge in [0.15, 0.2) is 0 Å². The summed E-state index contributed by atoms with van der Waals surface area (Å²) in [5.74, 6) is 0.108. The Bertz CT molecular complexity index is 594. The van der Waals surface area contributed by atoms with Crippen molar-refractivity contribution < 1.29 is 14.3 Å². The Hall–Kier alpha value is -1.46. The van der Waals surface area contributed by atoms with Gasteiger partial charge in [-0.15, -0.1) is 0 Å². The van der Waals surface area contributed by atoms with E-state index in [0.29, 0.717) is 18.2 Å². The van der Waals surface area contributed by atoms with E-state index in [0.717, 1.165) is 23.1 Å². The minimum Gasteiger partial charge on any atom is -0.475 e. The van der Waals surface area contributed by atoms with E-state index in [2.05, 4.69) is 18.5 Å². The highest BCUT2D eigenvalue weighted by molar-refractivity contribution is 7.98. The largest absolute Gasteiger partial charge is 0.475 e. The molecule has 0 amide bonds. The van der Waals surface area contributed by atoms with Crippen LogP contribution in [0.4, 0.5) is 0 Å². The number of carbonyl (C=O) groups is 1. The van der Waals surface area contributed by atoms with Crippen molar-refractivity contribution in [3.8, 4) is 0 Å². The summed E-state index contributed by atoms with van der Waals surface area (Å²) in [6, 6.07) is 7.77. The quantitative estimate of drug-likeness (QED) is 0.819. The van der Waals surface area contributed by atoms with Crippen molar-refractivity contribution in [2.75, 3.05) is 12.0 Å². The second-order valence-electron chi connectivity index (χ2n) is 4.77. The van der Waals surface area contributed by atoms with Gasteiger partial charge in [-0.25, -0.2) is 4.79 Å². The Balaban J connectivity index is 2.19. The van der Waals surface area contributed by atoms with Gasteiger partial charge >= 0.3 is 5.97 Å². The molecule has 0 fully saturated rings. The first-order valence-corrected chi connectivity index (χ1v) is 7.99. The molecule has 1 unspecified atom stereocenters. The molecule has 2 rings (SSSR count). The number of fused-ring (bicyclic) bond motifs is 1. The van der Waals surface area contributed by atoms with Gasteiger partial charge in [0.1, 0.15) is 5.58 Å². The molecule has 0 aliphatic carbocycles. The molecule has 108 valence electrons. The average Bonchev–Trinajstić information content (AvgIpc) is 2.82. The number of para-hydroxylation sites is 1. The lowest BCUT2D eigenvalue weighted by molar-refractivity contribution is 0.0663. The Labute approximate surface area is 122 Å². The number of furan rings is 1. The standard InChI is InChI=1S/C15H19NO3S/c1-10(7-8-20-2)16-9-12-11-5-3-4-6-13(11)19-14(12)15(17)18/h3-6,10,16H,7-9H2,1-2H3,(H,17,18). The maximum absolute atomic E-state index is 11.3. The van der Waals surface area contributed by atoms with Crippen molar-refractivity contribution in [2.24, 2.45) is 0 Å². The molecule has 5 heteroatoms. The number of nitrogens with one attached hydrogen (secondary N) is 1. The van der Waals surface area contributed by atoms with Gasteiger partial charge in [0, 0.05) is 23.5 Å². The summed E-state index contributed by atoms with van der Waals surface area (Å²) in [7, 11) is 0. The second-order valence-corrected chi connectivity index (χ2v) is 5.76. The molecule has 0 radical (unpaired) electrons. The fourth-order valence-electron chi connectivity index (χ4n) is 2.12. The van der Waals surface area contributed by atoms with E-state index in [9.17, 15) is 9.90 Å². The molecule has 0 saturated heterocycles. The van der Waals surface area contributed by atoms with Gasteiger partial charge in [0.05, 0.1) is 0 Å². The van der Waals surface area contributed by atoms with Gasteiger partial charge in [-0.1, -0.05) is 18.2 Å². The number of hydrogen-bond acceptors (Lipinski definition) is 4. The van der Waals surface area contributed by atoms with Crippen LogP contribution in [-0.4, -0.2) is 29.1 Å². The first kappa shape index (κ1) is 14.9. The first-order valence-electron chi connectivity index (χ1n) is 6.59. The highest BCUT2D eigenvalue weighted by Gasteiger charge is 2.19. The lowest BCUT2D eigenvalue weighted by Gasteiger charge is -2.12. The molecule has 0 bridgehead atoms. The lowest BCUT2D eigenvalue weighted by atomic mass is 10.1. The van der Waals surface area contributed by atoms with Gasteiger partial charge in [0.2, 0.25) is 5.76 Å². The van der Waals surface area contributed by atoms with Crippen molar-refractivity contribution >= 4 is 28.7 Å². The van der Waals surface area contributed by atoms with Gasteiger partial charge in [-0.05, 0) is 31.4 Å². The van der Waals surface area contributed by atoms with E-state index in [1.807, 2.05) is 30.0 Å². The zero-order valence-electron chi connectivity index (χ0n) is 11.7. The molecule has 1 atom stereocenters. The Morgan fingerprint density at radius 2 is 2.20 bits per heavy atom. The fraction of sp³-hybridized carbons (Fsp3) is 0.400. The van der Waals surface area contributed by atoms with Gasteiger partial charge in [0.25, 0.3) is 0 Å². The molecule has 0 aliphatic rings. The van der Waals surface area contributed by atoms with Crippen molar-refractivity contribution in [2.45, 2.75) is 25.9 Å². The SMILES string of the molecule is CSCCC(C)NCc1c(C(=O)O)oc2ccccc12. The van der Waals surface area contributed by atoms with Crippen molar-refractivity contribution in [3.63, 3.8) is 0 Å². The van der Waals surface area contributed by atoms with Crippen LogP contribution in [0.25, 0.3) is 11.0 Å². The average molecular weight is 293 g/mol. The van der Waals surface area contributed by atoms with Crippen molar-refractivity contribution in [1.82, 2.24) is 5.32 Å². The van der Waals surface area contributed by atoms with Crippen molar-refractivity contribution in [3.05, 3.63) is 35.6 Å². The Morgan fingerprint density at radius 3 is 2.90 bits per heavy atom. The van der Waals surface area contributed by atoms with Crippen LogP contribution in [-0.2, 0) is 6.54 Å². The molecule has 4 nitrogen and oxygen atoms in total. The zero-order chi connectivity index (χ0) is 14.5. The Morgan fingerprint density at radius 1 is 1.45 bits per heavy atom. The number of aromatic carboxylic acids is 1. The van der Waals surface area contributed by atoms with E-state index in [1.165, 1.54) is 0 Å². The molecule has 1 heterocycles. The zero-order valence-corrected chi connectivity index (χ0v) is 12.5. The number of carboxylic acids is 1. The van der Waals surface area contributed by atoms with Crippen LogP contribution in [0.5, 0.6) is 0 Å². The monoisotopic (exact) mass is 293 g/mol. The van der Waals surface area contributed by atoms with Crippen LogP contribution < -0.4 is 5.32 Å². The highest BCUT2D eigenvalue weighted by atomic mass is 32.2. The number of benzene rings is 1. The van der Waals surface area contributed by atoms with Crippen LogP contribution in [0.1, 0.15) is 29.5 Å². The third-order valence-electron chi connectivity index (χ3n) is 3.27. The predicted molar refractivity (Wildman–Crippen MR) is 82.5 cm³/mol. The minimum atomic E-state index is -1.02. The molecular weight excluding hydrogens is 274 g/mol. The molecular formula is C15H19NO3S. The molecule has 0 saturated carbocycles. The smallest absolute Gasteiger partial charge is 0.372 e. The summed E-state index contributed by atoms with van der Waals surface area (Å²) >= 11 is 1.81. The van der Waals surface area contributed by atoms with E-state index in [1.54, 1.807) is 6.07 Å². The molecule has 1 aromatic heterocycles. The summed E-state index contributed by atoms with van der Waals surface area (Å²) in [4.78, 5) is 11.3. The van der Waals surface area contributed by atoms with Crippen LogP contribution >= 0.6 is 11.8 Å². The predicted octanol–water partition coefficient (Wildman–Crippen LogP) is 3.36.